The molecule has 0 rings (SSSR count). The van der Waals surface area contributed by atoms with Gasteiger partial charge >= 0.3 is 17.9 Å². The lowest BCUT2D eigenvalue weighted by Gasteiger charge is -2.18. The van der Waals surface area contributed by atoms with Gasteiger partial charge in [0.15, 0.2) is 6.10 Å². The predicted molar refractivity (Wildman–Crippen MR) is 361 cm³/mol. The SMILES string of the molecule is CC/C=C\C/C=C\C/C=C\C/C=C\C/C=C\C/C=C\C/C=C\CCCCCCCCCCCCCCCC(=O)OCC(COC(=O)CCCC/C=C\C/C=C\C/C=C\C/C=C\CC)OC(=O)CCCC/C=C\C/C=C\C/C=C\C/C=C\CC. The Morgan fingerprint density at radius 1 is 0.241 bits per heavy atom. The summed E-state index contributed by atoms with van der Waals surface area (Å²) in [6, 6.07) is 0. The molecule has 83 heavy (non-hydrogen) atoms. The van der Waals surface area contributed by atoms with Crippen LogP contribution < -0.4 is 0 Å². The van der Waals surface area contributed by atoms with Gasteiger partial charge in [0.1, 0.15) is 13.2 Å². The van der Waals surface area contributed by atoms with Crippen LogP contribution >= 0.6 is 0 Å². The quantitative estimate of drug-likeness (QED) is 0.0261. The molecule has 1 atom stereocenters. The van der Waals surface area contributed by atoms with Crippen LogP contribution in [0.1, 0.15) is 265 Å². The summed E-state index contributed by atoms with van der Waals surface area (Å²) in [5, 5.41) is 0. The lowest BCUT2D eigenvalue weighted by Crippen LogP contribution is -2.30. The van der Waals surface area contributed by atoms with Crippen molar-refractivity contribution in [2.24, 2.45) is 0 Å². The second-order valence-electron chi connectivity index (χ2n) is 21.2. The van der Waals surface area contributed by atoms with Crippen molar-refractivity contribution in [1.82, 2.24) is 0 Å². The first kappa shape index (κ1) is 77.5. The van der Waals surface area contributed by atoms with E-state index in [-0.39, 0.29) is 44.0 Å². The number of ether oxygens (including phenoxy) is 3. The van der Waals surface area contributed by atoms with Crippen LogP contribution in [0.15, 0.2) is 182 Å². The fourth-order valence-corrected chi connectivity index (χ4v) is 8.52. The summed E-state index contributed by atoms with van der Waals surface area (Å²) >= 11 is 0. The molecule has 6 heteroatoms. The van der Waals surface area contributed by atoms with E-state index in [4.69, 9.17) is 14.2 Å². The molecule has 0 bridgehead atoms. The molecule has 0 aliphatic heterocycles. The van der Waals surface area contributed by atoms with Crippen LogP contribution in [0.5, 0.6) is 0 Å². The molecule has 0 aromatic carbocycles. The Hall–Kier alpha value is -5.49. The van der Waals surface area contributed by atoms with Crippen LogP contribution in [0, 0.1) is 0 Å². The first-order chi connectivity index (χ1) is 41.0. The highest BCUT2D eigenvalue weighted by Crippen LogP contribution is 2.15. The van der Waals surface area contributed by atoms with Gasteiger partial charge in [-0.3, -0.25) is 14.4 Å². The molecule has 1 unspecified atom stereocenters. The van der Waals surface area contributed by atoms with Crippen LogP contribution in [0.4, 0.5) is 0 Å². The van der Waals surface area contributed by atoms with E-state index >= 15 is 0 Å². The van der Waals surface area contributed by atoms with E-state index < -0.39 is 6.10 Å². The number of carbonyl (C=O) groups is 3. The van der Waals surface area contributed by atoms with Gasteiger partial charge in [0.2, 0.25) is 0 Å². The smallest absolute Gasteiger partial charge is 0.306 e. The summed E-state index contributed by atoms with van der Waals surface area (Å²) in [5.41, 5.74) is 0. The maximum atomic E-state index is 12.9. The Morgan fingerprint density at radius 3 is 0.699 bits per heavy atom. The summed E-state index contributed by atoms with van der Waals surface area (Å²) in [7, 11) is 0. The van der Waals surface area contributed by atoms with Crippen molar-refractivity contribution in [1.29, 1.82) is 0 Å². The van der Waals surface area contributed by atoms with E-state index in [2.05, 4.69) is 203 Å². The van der Waals surface area contributed by atoms with Gasteiger partial charge in [0.05, 0.1) is 0 Å². The van der Waals surface area contributed by atoms with Gasteiger partial charge in [0, 0.05) is 19.3 Å². The number of allylic oxidation sites excluding steroid dienone is 30. The van der Waals surface area contributed by atoms with Gasteiger partial charge in [-0.15, -0.1) is 0 Å². The third-order valence-corrected chi connectivity index (χ3v) is 13.4. The fourth-order valence-electron chi connectivity index (χ4n) is 8.52. The van der Waals surface area contributed by atoms with E-state index in [1.54, 1.807) is 0 Å². The Balaban J connectivity index is 4.29. The van der Waals surface area contributed by atoms with Crippen LogP contribution in [-0.2, 0) is 28.6 Å². The molecule has 0 heterocycles. The summed E-state index contributed by atoms with van der Waals surface area (Å²) in [6.07, 6.45) is 104. The van der Waals surface area contributed by atoms with Crippen molar-refractivity contribution < 1.29 is 28.6 Å². The zero-order valence-corrected chi connectivity index (χ0v) is 53.1. The van der Waals surface area contributed by atoms with Crippen LogP contribution in [0.2, 0.25) is 0 Å². The second kappa shape index (κ2) is 69.0. The number of esters is 3. The molecule has 0 amide bonds. The van der Waals surface area contributed by atoms with Gasteiger partial charge in [-0.25, -0.2) is 0 Å². The van der Waals surface area contributed by atoms with Crippen LogP contribution in [0.25, 0.3) is 0 Å². The summed E-state index contributed by atoms with van der Waals surface area (Å²) in [4.78, 5) is 38.3. The molecule has 0 aromatic heterocycles. The molecule has 0 aliphatic carbocycles. The predicted octanol–water partition coefficient (Wildman–Crippen LogP) is 23.2. The van der Waals surface area contributed by atoms with Crippen molar-refractivity contribution in [3.05, 3.63) is 182 Å². The number of carbonyl (C=O) groups excluding carboxylic acids is 3. The highest BCUT2D eigenvalue weighted by Gasteiger charge is 2.19. The largest absolute Gasteiger partial charge is 0.462 e. The van der Waals surface area contributed by atoms with Crippen molar-refractivity contribution in [2.75, 3.05) is 13.2 Å². The molecule has 0 saturated carbocycles. The minimum atomic E-state index is -0.827. The van der Waals surface area contributed by atoms with Gasteiger partial charge < -0.3 is 14.2 Å². The van der Waals surface area contributed by atoms with Gasteiger partial charge in [0.25, 0.3) is 0 Å². The first-order valence-electron chi connectivity index (χ1n) is 33.3. The van der Waals surface area contributed by atoms with Gasteiger partial charge in [-0.2, -0.15) is 0 Å². The number of unbranched alkanes of at least 4 members (excludes halogenated alkanes) is 17. The van der Waals surface area contributed by atoms with E-state index in [9.17, 15) is 14.4 Å². The molecule has 0 aromatic rings. The van der Waals surface area contributed by atoms with Crippen LogP contribution in [0.3, 0.4) is 0 Å². The molecule has 6 nitrogen and oxygen atoms in total. The van der Waals surface area contributed by atoms with Gasteiger partial charge in [-0.05, 0) is 154 Å². The Kier molecular flexibility index (Phi) is 64.4. The Labute approximate surface area is 510 Å². The summed E-state index contributed by atoms with van der Waals surface area (Å²) in [5.74, 6) is -1.01. The van der Waals surface area contributed by atoms with Crippen LogP contribution in [-0.4, -0.2) is 37.2 Å². The maximum Gasteiger partial charge on any atom is 0.306 e. The molecule has 0 spiro atoms. The van der Waals surface area contributed by atoms with E-state index in [0.717, 1.165) is 141 Å². The average Bonchev–Trinajstić information content (AvgIpc) is 3.49. The number of rotatable bonds is 58. The molecular weight excluding hydrogens is 1020 g/mol. The van der Waals surface area contributed by atoms with Gasteiger partial charge in [-0.1, -0.05) is 274 Å². The van der Waals surface area contributed by atoms with Crippen molar-refractivity contribution >= 4 is 17.9 Å². The highest BCUT2D eigenvalue weighted by molar-refractivity contribution is 5.71. The van der Waals surface area contributed by atoms with Crippen molar-refractivity contribution in [3.63, 3.8) is 0 Å². The van der Waals surface area contributed by atoms with Crippen molar-refractivity contribution in [3.8, 4) is 0 Å². The lowest BCUT2D eigenvalue weighted by atomic mass is 10.0. The summed E-state index contributed by atoms with van der Waals surface area (Å²) < 4.78 is 16.8. The van der Waals surface area contributed by atoms with Crippen molar-refractivity contribution in [2.45, 2.75) is 271 Å². The lowest BCUT2D eigenvalue weighted by molar-refractivity contribution is -0.167. The molecule has 464 valence electrons. The Morgan fingerprint density at radius 2 is 0.434 bits per heavy atom. The third kappa shape index (κ3) is 67.2. The minimum absolute atomic E-state index is 0.116. The molecule has 0 aliphatic rings. The molecule has 0 N–H and O–H groups in total. The first-order valence-corrected chi connectivity index (χ1v) is 33.3. The fraction of sp³-hybridized carbons (Fsp3) is 0.571. The molecule has 0 radical (unpaired) electrons. The number of hydrogen-bond acceptors (Lipinski definition) is 6. The van der Waals surface area contributed by atoms with E-state index in [1.807, 2.05) is 0 Å². The van der Waals surface area contributed by atoms with E-state index in [1.165, 1.54) is 70.6 Å². The Bertz CT molecular complexity index is 1940. The number of hydrogen-bond donors (Lipinski definition) is 0. The third-order valence-electron chi connectivity index (χ3n) is 13.4. The summed E-state index contributed by atoms with van der Waals surface area (Å²) in [6.45, 7) is 6.22. The zero-order chi connectivity index (χ0) is 59.9. The normalized spacial score (nSPS) is 13.3. The average molecular weight is 1140 g/mol. The standard InChI is InChI=1S/C77H120O6/c1-4-7-10-13-16-19-22-25-28-29-30-31-32-33-34-35-36-37-38-39-40-41-42-43-44-45-46-47-50-52-55-58-61-64-67-70-76(79)82-73-74(83-77(80)71-68-65-62-59-56-53-49-27-24-21-18-15-12-9-6-3)72-81-75(78)69-66-63-60-57-54-51-48-26-23-20-17-14-11-8-5-2/h7-12,16-21,25-28,30-31,33-34,36-37,39-40,48-49,54,56-57,59,74H,4-6,13-15,22-24,29,32,35,38,41-47,50-53,55,58,60-73H2,1-3H3/b10-7-,11-8-,12-9-,19-16-,20-17-,21-18-,28-25-,31-30-,34-33-,37-36-,40-39-,48-26-,49-27-,57-54-,59-56-. The zero-order valence-electron chi connectivity index (χ0n) is 53.1. The second-order valence-corrected chi connectivity index (χ2v) is 21.2. The monoisotopic (exact) mass is 1140 g/mol. The minimum Gasteiger partial charge on any atom is -0.462 e. The molecular formula is C77H120O6. The molecule has 0 fully saturated rings. The topological polar surface area (TPSA) is 78.9 Å². The highest BCUT2D eigenvalue weighted by atomic mass is 16.6. The van der Waals surface area contributed by atoms with E-state index in [0.29, 0.717) is 19.3 Å². The maximum absolute atomic E-state index is 12.9. The molecule has 0 saturated heterocycles.